The molecule has 0 saturated heterocycles. The van der Waals surface area contributed by atoms with E-state index in [1.807, 2.05) is 0 Å². The lowest BCUT2D eigenvalue weighted by Gasteiger charge is -2.13. The summed E-state index contributed by atoms with van der Waals surface area (Å²) < 4.78 is 114. The first-order chi connectivity index (χ1) is 22.2. The van der Waals surface area contributed by atoms with Crippen molar-refractivity contribution in [2.75, 3.05) is 0 Å². The smallest absolute Gasteiger partial charge is 0.146 e. The van der Waals surface area contributed by atoms with Gasteiger partial charge in [0.15, 0.2) is 0 Å². The molecule has 0 aliphatic rings. The molecule has 0 amide bonds. The van der Waals surface area contributed by atoms with Gasteiger partial charge in [-0.25, -0.2) is 8.78 Å². The Morgan fingerprint density at radius 2 is 1.03 bits per heavy atom. The monoisotopic (exact) mass is 491 g/mol. The molecule has 0 fully saturated rings. The fraction of sp³-hybridized carbons (Fsp3) is 0. The molecule has 1 aromatic heterocycles. The quantitative estimate of drug-likeness (QED) is 0.251. The van der Waals surface area contributed by atoms with Crippen LogP contribution in [0.5, 0.6) is 0 Å². The first kappa shape index (κ1) is 13.7. The molecule has 5 aromatic carbocycles. The lowest BCUT2D eigenvalue weighted by atomic mass is 10.0. The minimum absolute atomic E-state index is 0.132. The van der Waals surface area contributed by atoms with Crippen LogP contribution in [0.15, 0.2) is 103 Å². The Kier molecular flexibility index (Phi) is 3.25. The van der Waals surface area contributed by atoms with Crippen molar-refractivity contribution in [3.8, 4) is 40.1 Å². The van der Waals surface area contributed by atoms with E-state index in [4.69, 9.17) is 13.7 Å². The molecule has 6 rings (SSSR count). The van der Waals surface area contributed by atoms with Crippen LogP contribution in [0, 0.1) is 34.3 Å². The minimum atomic E-state index is -1.22. The second kappa shape index (κ2) is 8.75. The third-order valence-electron chi connectivity index (χ3n) is 5.99. The normalized spacial score (nSPS) is 14.7. The Bertz CT molecular complexity index is 2260. The lowest BCUT2D eigenvalue weighted by molar-refractivity contribution is 0.577. The van der Waals surface area contributed by atoms with Crippen molar-refractivity contribution in [1.29, 1.82) is 10.5 Å². The third-order valence-corrected chi connectivity index (χ3v) is 5.99. The number of fused-ring (bicyclic) bond motifs is 3. The molecule has 37 heavy (non-hydrogen) atoms. The number of nitriles is 2. The number of halogens is 2. The third kappa shape index (κ3) is 3.54. The topological polar surface area (TPSA) is 52.5 Å². The predicted octanol–water partition coefficient (Wildman–Crippen LogP) is 8.14. The summed E-state index contributed by atoms with van der Waals surface area (Å²) in [6.07, 6.45) is 0. The van der Waals surface area contributed by atoms with Crippen molar-refractivity contribution in [3.05, 3.63) is 126 Å². The van der Waals surface area contributed by atoms with Gasteiger partial charge in [-0.2, -0.15) is 10.5 Å². The fourth-order valence-corrected chi connectivity index (χ4v) is 4.41. The van der Waals surface area contributed by atoms with E-state index in [0.29, 0.717) is 6.07 Å². The number of aromatic nitrogens is 1. The Hall–Kier alpha value is -5.26. The minimum Gasteiger partial charge on any atom is -0.306 e. The summed E-state index contributed by atoms with van der Waals surface area (Å²) in [5.41, 5.74) is -1.18. The summed E-state index contributed by atoms with van der Waals surface area (Å²) in [6.45, 7) is 0. The zero-order valence-corrected chi connectivity index (χ0v) is 18.6. The Balaban J connectivity index is 1.80. The van der Waals surface area contributed by atoms with Crippen molar-refractivity contribution in [3.63, 3.8) is 0 Å². The molecule has 0 N–H and O–H groups in total. The molecular formula is C32H17F2N3. The molecule has 6 aromatic rings. The molecule has 0 aliphatic heterocycles. The first-order valence-corrected chi connectivity index (χ1v) is 10.8. The van der Waals surface area contributed by atoms with E-state index in [9.17, 15) is 10.5 Å². The summed E-state index contributed by atoms with van der Waals surface area (Å²) in [4.78, 5) is 0. The highest BCUT2D eigenvalue weighted by atomic mass is 19.1. The van der Waals surface area contributed by atoms with Gasteiger partial charge < -0.3 is 4.57 Å². The lowest BCUT2D eigenvalue weighted by Crippen LogP contribution is -2.06. The molecule has 0 bridgehead atoms. The van der Waals surface area contributed by atoms with Crippen LogP contribution in [0.1, 0.15) is 24.8 Å². The molecule has 3 nitrogen and oxygen atoms in total. The number of rotatable bonds is 3. The van der Waals surface area contributed by atoms with Gasteiger partial charge in [0, 0.05) is 16.8 Å². The highest BCUT2D eigenvalue weighted by Crippen LogP contribution is 2.39. The van der Waals surface area contributed by atoms with Crippen molar-refractivity contribution >= 4 is 21.8 Å². The molecule has 5 heteroatoms. The van der Waals surface area contributed by atoms with Gasteiger partial charge in [-0.3, -0.25) is 0 Å². The van der Waals surface area contributed by atoms with Crippen LogP contribution < -0.4 is 0 Å². The molecule has 0 saturated carbocycles. The highest BCUT2D eigenvalue weighted by molar-refractivity contribution is 6.12. The number of hydrogen-bond donors (Lipinski definition) is 0. The largest absolute Gasteiger partial charge is 0.306 e. The summed E-state index contributed by atoms with van der Waals surface area (Å²) in [5.74, 6) is -2.44. The van der Waals surface area contributed by atoms with Gasteiger partial charge in [0.1, 0.15) is 34.9 Å². The Morgan fingerprint density at radius 1 is 0.595 bits per heavy atom. The van der Waals surface area contributed by atoms with E-state index in [2.05, 4.69) is 0 Å². The van der Waals surface area contributed by atoms with Crippen LogP contribution in [0.4, 0.5) is 8.78 Å². The molecule has 0 atom stereocenters. The van der Waals surface area contributed by atoms with E-state index in [0.717, 1.165) is 0 Å². The SMILES string of the molecule is [2H]c1c([2H])c([2H])c(-c2ccc3c(c2)c2cc(-c4c([2H])c([2H])c([2H])c([2H])c4[2H])ccc2n3-c2c(C#N)c(F)cc(F)c2C#N)c([2H])c1[2H]. The number of hydrogen-bond acceptors (Lipinski definition) is 2. The van der Waals surface area contributed by atoms with Gasteiger partial charge in [0.25, 0.3) is 0 Å². The van der Waals surface area contributed by atoms with Gasteiger partial charge >= 0.3 is 0 Å². The van der Waals surface area contributed by atoms with Crippen LogP contribution in [0.2, 0.25) is 0 Å². The second-order valence-corrected chi connectivity index (χ2v) is 7.96. The maximum Gasteiger partial charge on any atom is 0.146 e. The highest BCUT2D eigenvalue weighted by Gasteiger charge is 2.24. The summed E-state index contributed by atoms with van der Waals surface area (Å²) >= 11 is 0. The van der Waals surface area contributed by atoms with E-state index < -0.39 is 88.9 Å². The average Bonchev–Trinajstić information content (AvgIpc) is 3.37. The Morgan fingerprint density at radius 3 is 1.43 bits per heavy atom. The Labute approximate surface area is 225 Å². The van der Waals surface area contributed by atoms with E-state index in [1.54, 1.807) is 12.1 Å². The average molecular weight is 492 g/mol. The van der Waals surface area contributed by atoms with E-state index in [1.165, 1.54) is 41.0 Å². The molecule has 0 radical (unpaired) electrons. The van der Waals surface area contributed by atoms with Crippen LogP contribution in [0.3, 0.4) is 0 Å². The summed E-state index contributed by atoms with van der Waals surface area (Å²) in [5, 5.41) is 20.3. The maximum absolute atomic E-state index is 15.0. The molecule has 0 aliphatic carbocycles. The van der Waals surface area contributed by atoms with Crippen molar-refractivity contribution in [2.45, 2.75) is 0 Å². The summed E-state index contributed by atoms with van der Waals surface area (Å²) in [6, 6.07) is 7.12. The van der Waals surface area contributed by atoms with Gasteiger partial charge in [-0.15, -0.1) is 0 Å². The molecule has 0 spiro atoms. The van der Waals surface area contributed by atoms with E-state index in [-0.39, 0.29) is 44.1 Å². The standard InChI is InChI=1S/C32H17F2N3/c33-28-17-29(34)27(19-36)32(26(28)18-35)37-30-13-11-22(20-7-3-1-4-8-20)15-24(30)25-16-23(12-14-31(25)37)21-9-5-2-6-10-21/h1-17H/i1D,2D,3D,4D,5D,6D,7D,8D,9D,10D. The summed E-state index contributed by atoms with van der Waals surface area (Å²) in [7, 11) is 0. The number of nitrogens with zero attached hydrogens (tertiary/aromatic N) is 3. The van der Waals surface area contributed by atoms with Gasteiger partial charge in [-0.05, 0) is 46.5 Å². The number of benzene rings is 5. The second-order valence-electron chi connectivity index (χ2n) is 7.96. The molecular weight excluding hydrogens is 464 g/mol. The van der Waals surface area contributed by atoms with Gasteiger partial charge in [0.05, 0.1) is 30.4 Å². The van der Waals surface area contributed by atoms with Crippen LogP contribution in [-0.2, 0) is 0 Å². The molecule has 0 unspecified atom stereocenters. The van der Waals surface area contributed by atoms with Crippen molar-refractivity contribution in [1.82, 2.24) is 4.57 Å². The van der Waals surface area contributed by atoms with E-state index >= 15 is 8.78 Å². The molecule has 1 heterocycles. The predicted molar refractivity (Wildman–Crippen MR) is 141 cm³/mol. The van der Waals surface area contributed by atoms with Crippen LogP contribution in [0.25, 0.3) is 49.7 Å². The first-order valence-electron chi connectivity index (χ1n) is 15.8. The van der Waals surface area contributed by atoms with Crippen molar-refractivity contribution in [2.24, 2.45) is 0 Å². The maximum atomic E-state index is 15.0. The van der Waals surface area contributed by atoms with Gasteiger partial charge in [0.2, 0.25) is 0 Å². The van der Waals surface area contributed by atoms with Crippen molar-refractivity contribution < 1.29 is 22.5 Å². The van der Waals surface area contributed by atoms with Crippen LogP contribution in [-0.4, -0.2) is 4.57 Å². The zero-order valence-electron chi connectivity index (χ0n) is 28.6. The fourth-order valence-electron chi connectivity index (χ4n) is 4.41. The van der Waals surface area contributed by atoms with Crippen LogP contribution >= 0.6 is 0 Å². The zero-order chi connectivity index (χ0) is 34.2. The molecule has 174 valence electrons. The van der Waals surface area contributed by atoms with Gasteiger partial charge in [-0.1, -0.05) is 72.6 Å².